The lowest BCUT2D eigenvalue weighted by Gasteiger charge is -2.23. The first-order valence-corrected chi connectivity index (χ1v) is 7.64. The third kappa shape index (κ3) is 2.88. The van der Waals surface area contributed by atoms with Crippen LogP contribution in [0, 0.1) is 0 Å². The maximum absolute atomic E-state index is 5.99. The van der Waals surface area contributed by atoms with Crippen molar-refractivity contribution >= 4 is 23.2 Å². The number of pyridine rings is 1. The Labute approximate surface area is 123 Å². The summed E-state index contributed by atoms with van der Waals surface area (Å²) in [4.78, 5) is 6.87. The van der Waals surface area contributed by atoms with Crippen LogP contribution in [0.15, 0.2) is 18.3 Å². The van der Waals surface area contributed by atoms with Crippen LogP contribution in [0.5, 0.6) is 0 Å². The maximum atomic E-state index is 5.99. The van der Waals surface area contributed by atoms with Gasteiger partial charge in [0.2, 0.25) is 5.95 Å². The average Bonchev–Trinajstić information content (AvgIpc) is 3.06. The van der Waals surface area contributed by atoms with Gasteiger partial charge in [-0.2, -0.15) is 4.98 Å². The molecular formula is C14H20ClN5. The third-order valence-electron chi connectivity index (χ3n) is 3.66. The van der Waals surface area contributed by atoms with E-state index in [2.05, 4.69) is 27.2 Å². The van der Waals surface area contributed by atoms with Crippen molar-refractivity contribution in [2.24, 2.45) is 0 Å². The van der Waals surface area contributed by atoms with Gasteiger partial charge in [-0.1, -0.05) is 18.5 Å². The molecule has 1 atom stereocenters. The van der Waals surface area contributed by atoms with Gasteiger partial charge < -0.3 is 10.2 Å². The zero-order chi connectivity index (χ0) is 13.9. The summed E-state index contributed by atoms with van der Waals surface area (Å²) in [5.74, 6) is 0.794. The molecule has 1 aliphatic rings. The van der Waals surface area contributed by atoms with Crippen LogP contribution in [0.2, 0.25) is 5.02 Å². The number of hydrogen-bond donors (Lipinski definition) is 1. The Bertz CT molecular complexity index is 576. The van der Waals surface area contributed by atoms with Crippen LogP contribution in [0.1, 0.15) is 26.2 Å². The second-order valence-electron chi connectivity index (χ2n) is 5.30. The molecule has 3 heterocycles. The number of nitrogens with one attached hydrogen (secondary N) is 1. The Kier molecular flexibility index (Phi) is 4.08. The van der Waals surface area contributed by atoms with Crippen LogP contribution in [-0.2, 0) is 0 Å². The first-order chi connectivity index (χ1) is 9.76. The summed E-state index contributed by atoms with van der Waals surface area (Å²) >= 11 is 5.99. The molecule has 0 saturated carbocycles. The molecule has 5 nitrogen and oxygen atoms in total. The van der Waals surface area contributed by atoms with E-state index in [1.165, 1.54) is 12.8 Å². The largest absolute Gasteiger partial charge is 0.338 e. The van der Waals surface area contributed by atoms with Gasteiger partial charge in [-0.05, 0) is 37.9 Å². The van der Waals surface area contributed by atoms with Crippen molar-refractivity contribution in [3.05, 3.63) is 23.4 Å². The predicted molar refractivity (Wildman–Crippen MR) is 81.5 cm³/mol. The molecule has 1 unspecified atom stereocenters. The highest BCUT2D eigenvalue weighted by molar-refractivity contribution is 6.30. The molecule has 1 aliphatic heterocycles. The van der Waals surface area contributed by atoms with E-state index in [9.17, 15) is 0 Å². The van der Waals surface area contributed by atoms with Gasteiger partial charge in [-0.15, -0.1) is 5.10 Å². The zero-order valence-electron chi connectivity index (χ0n) is 11.7. The third-order valence-corrected chi connectivity index (χ3v) is 3.89. The molecule has 1 saturated heterocycles. The fourth-order valence-electron chi connectivity index (χ4n) is 2.70. The highest BCUT2D eigenvalue weighted by atomic mass is 35.5. The lowest BCUT2D eigenvalue weighted by atomic mass is 10.2. The van der Waals surface area contributed by atoms with Gasteiger partial charge in [0.15, 0.2) is 5.65 Å². The summed E-state index contributed by atoms with van der Waals surface area (Å²) in [5.41, 5.74) is 0.838. The Morgan fingerprint density at radius 1 is 1.50 bits per heavy atom. The van der Waals surface area contributed by atoms with E-state index in [4.69, 9.17) is 11.6 Å². The molecular weight excluding hydrogens is 274 g/mol. The SMILES string of the molecule is CCCN(CC1CCCN1)c1nc2ccc(Cl)cn2n1. The van der Waals surface area contributed by atoms with Crippen molar-refractivity contribution < 1.29 is 0 Å². The van der Waals surface area contributed by atoms with E-state index in [-0.39, 0.29) is 0 Å². The summed E-state index contributed by atoms with van der Waals surface area (Å²) in [7, 11) is 0. The number of fused-ring (bicyclic) bond motifs is 1. The van der Waals surface area contributed by atoms with Crippen molar-refractivity contribution in [1.82, 2.24) is 19.9 Å². The van der Waals surface area contributed by atoms with E-state index in [1.807, 2.05) is 12.1 Å². The molecule has 2 aromatic heterocycles. The summed E-state index contributed by atoms with van der Waals surface area (Å²) in [6.07, 6.45) is 5.38. The van der Waals surface area contributed by atoms with Crippen molar-refractivity contribution in [2.45, 2.75) is 32.2 Å². The molecule has 20 heavy (non-hydrogen) atoms. The number of hydrogen-bond acceptors (Lipinski definition) is 4. The molecule has 0 amide bonds. The molecule has 6 heteroatoms. The monoisotopic (exact) mass is 293 g/mol. The normalized spacial score (nSPS) is 18.8. The van der Waals surface area contributed by atoms with Gasteiger partial charge in [-0.3, -0.25) is 0 Å². The maximum Gasteiger partial charge on any atom is 0.245 e. The summed E-state index contributed by atoms with van der Waals surface area (Å²) in [6.45, 7) is 5.25. The Morgan fingerprint density at radius 2 is 2.40 bits per heavy atom. The van der Waals surface area contributed by atoms with Gasteiger partial charge in [0.25, 0.3) is 0 Å². The molecule has 0 aromatic carbocycles. The molecule has 0 aliphatic carbocycles. The van der Waals surface area contributed by atoms with E-state index >= 15 is 0 Å². The molecule has 1 fully saturated rings. The summed E-state index contributed by atoms with van der Waals surface area (Å²) in [6, 6.07) is 4.30. The second-order valence-corrected chi connectivity index (χ2v) is 5.74. The quantitative estimate of drug-likeness (QED) is 0.919. The fraction of sp³-hybridized carbons (Fsp3) is 0.571. The number of anilines is 1. The van der Waals surface area contributed by atoms with E-state index < -0.39 is 0 Å². The molecule has 0 spiro atoms. The molecule has 1 N–H and O–H groups in total. The van der Waals surface area contributed by atoms with E-state index in [1.54, 1.807) is 10.7 Å². The standard InChI is InChI=1S/C14H20ClN5/c1-2-8-19(10-12-4-3-7-16-12)14-17-13-6-5-11(15)9-20(13)18-14/h5-6,9,12,16H,2-4,7-8,10H2,1H3. The minimum atomic E-state index is 0.553. The lowest BCUT2D eigenvalue weighted by Crippen LogP contribution is -2.38. The van der Waals surface area contributed by atoms with E-state index in [0.717, 1.165) is 37.7 Å². The molecule has 3 rings (SSSR count). The van der Waals surface area contributed by atoms with Crippen LogP contribution >= 0.6 is 11.6 Å². The van der Waals surface area contributed by atoms with Crippen molar-refractivity contribution in [1.29, 1.82) is 0 Å². The van der Waals surface area contributed by atoms with E-state index in [0.29, 0.717) is 11.1 Å². The molecule has 108 valence electrons. The van der Waals surface area contributed by atoms with Crippen LogP contribution in [0.25, 0.3) is 5.65 Å². The van der Waals surface area contributed by atoms with Gasteiger partial charge >= 0.3 is 0 Å². The number of nitrogens with zero attached hydrogens (tertiary/aromatic N) is 4. The van der Waals surface area contributed by atoms with Crippen molar-refractivity contribution in [3.63, 3.8) is 0 Å². The number of halogens is 1. The molecule has 0 radical (unpaired) electrons. The first kappa shape index (κ1) is 13.6. The van der Waals surface area contributed by atoms with Crippen LogP contribution in [0.4, 0.5) is 5.95 Å². The first-order valence-electron chi connectivity index (χ1n) is 7.26. The van der Waals surface area contributed by atoms with Gasteiger partial charge in [0.05, 0.1) is 5.02 Å². The highest BCUT2D eigenvalue weighted by Gasteiger charge is 2.20. The predicted octanol–water partition coefficient (Wildman–Crippen LogP) is 2.35. The van der Waals surface area contributed by atoms with Gasteiger partial charge in [-0.25, -0.2) is 4.52 Å². The van der Waals surface area contributed by atoms with Gasteiger partial charge in [0, 0.05) is 25.3 Å². The lowest BCUT2D eigenvalue weighted by molar-refractivity contribution is 0.571. The topological polar surface area (TPSA) is 45.5 Å². The Balaban J connectivity index is 1.83. The summed E-state index contributed by atoms with van der Waals surface area (Å²) in [5, 5.41) is 8.76. The smallest absolute Gasteiger partial charge is 0.245 e. The molecule has 2 aromatic rings. The van der Waals surface area contributed by atoms with Gasteiger partial charge in [0.1, 0.15) is 0 Å². The van der Waals surface area contributed by atoms with Crippen LogP contribution in [0.3, 0.4) is 0 Å². The average molecular weight is 294 g/mol. The minimum Gasteiger partial charge on any atom is -0.338 e. The number of rotatable bonds is 5. The van der Waals surface area contributed by atoms with Crippen LogP contribution in [-0.4, -0.2) is 40.3 Å². The Morgan fingerprint density at radius 3 is 3.15 bits per heavy atom. The fourth-order valence-corrected chi connectivity index (χ4v) is 2.86. The number of aromatic nitrogens is 3. The van der Waals surface area contributed by atoms with Crippen LogP contribution < -0.4 is 10.2 Å². The second kappa shape index (κ2) is 5.97. The molecule has 0 bridgehead atoms. The van der Waals surface area contributed by atoms with Crippen molar-refractivity contribution in [2.75, 3.05) is 24.5 Å². The minimum absolute atomic E-state index is 0.553. The Hall–Kier alpha value is -1.33. The van der Waals surface area contributed by atoms with Crippen molar-refractivity contribution in [3.8, 4) is 0 Å². The zero-order valence-corrected chi connectivity index (χ0v) is 12.5. The summed E-state index contributed by atoms with van der Waals surface area (Å²) < 4.78 is 1.75. The highest BCUT2D eigenvalue weighted by Crippen LogP contribution is 2.16.